The first-order chi connectivity index (χ1) is 13.2. The predicted octanol–water partition coefficient (Wildman–Crippen LogP) is 3.88. The van der Waals surface area contributed by atoms with Gasteiger partial charge in [-0.25, -0.2) is 0 Å². The van der Waals surface area contributed by atoms with E-state index in [0.717, 1.165) is 22.4 Å². The quantitative estimate of drug-likeness (QED) is 0.679. The standard InChI is InChI=1S/C22H25N3O3/c1-22(2,3)18-12-16(9-10-20(26)27)13-19(21(18)28)25-23-14-17(24-25)11-15-7-5-4-6-8-15/h4-8,12-14,28H,9-11H2,1-3H3,(H,26,27). The highest BCUT2D eigenvalue weighted by atomic mass is 16.4. The second-order valence-electron chi connectivity index (χ2n) is 7.94. The Morgan fingerprint density at radius 3 is 2.46 bits per heavy atom. The number of hydrogen-bond donors (Lipinski definition) is 2. The number of benzene rings is 2. The summed E-state index contributed by atoms with van der Waals surface area (Å²) in [6.45, 7) is 6.01. The number of rotatable bonds is 6. The maximum atomic E-state index is 11.0. The molecule has 0 aliphatic rings. The van der Waals surface area contributed by atoms with Crippen molar-refractivity contribution in [2.75, 3.05) is 0 Å². The van der Waals surface area contributed by atoms with Crippen molar-refractivity contribution in [1.29, 1.82) is 0 Å². The number of aromatic hydroxyl groups is 1. The van der Waals surface area contributed by atoms with Gasteiger partial charge in [-0.3, -0.25) is 4.79 Å². The number of nitrogens with zero attached hydrogens (tertiary/aromatic N) is 3. The van der Waals surface area contributed by atoms with Crippen molar-refractivity contribution < 1.29 is 15.0 Å². The SMILES string of the molecule is CC(C)(C)c1cc(CCC(=O)O)cc(-n2ncc(Cc3ccccc3)n2)c1O. The van der Waals surface area contributed by atoms with Crippen molar-refractivity contribution in [1.82, 2.24) is 15.0 Å². The van der Waals surface area contributed by atoms with Gasteiger partial charge in [0.05, 0.1) is 11.9 Å². The molecule has 0 aliphatic heterocycles. The summed E-state index contributed by atoms with van der Waals surface area (Å²) < 4.78 is 0. The number of aromatic nitrogens is 3. The van der Waals surface area contributed by atoms with Gasteiger partial charge in [0.1, 0.15) is 11.4 Å². The molecule has 146 valence electrons. The first-order valence-corrected chi connectivity index (χ1v) is 9.28. The zero-order valence-corrected chi connectivity index (χ0v) is 16.4. The Hall–Kier alpha value is -3.15. The van der Waals surface area contributed by atoms with Gasteiger partial charge in [0.25, 0.3) is 0 Å². The lowest BCUT2D eigenvalue weighted by Crippen LogP contribution is -2.14. The Balaban J connectivity index is 1.98. The maximum absolute atomic E-state index is 11.0. The molecule has 28 heavy (non-hydrogen) atoms. The predicted molar refractivity (Wildman–Crippen MR) is 107 cm³/mol. The first-order valence-electron chi connectivity index (χ1n) is 9.28. The van der Waals surface area contributed by atoms with Gasteiger partial charge in [-0.1, -0.05) is 57.2 Å². The molecule has 1 aromatic heterocycles. The number of aryl methyl sites for hydroxylation is 1. The van der Waals surface area contributed by atoms with Gasteiger partial charge in [0, 0.05) is 18.4 Å². The van der Waals surface area contributed by atoms with E-state index in [1.807, 2.05) is 57.2 Å². The van der Waals surface area contributed by atoms with Crippen LogP contribution in [0.1, 0.15) is 49.6 Å². The van der Waals surface area contributed by atoms with Crippen molar-refractivity contribution in [3.8, 4) is 11.4 Å². The topological polar surface area (TPSA) is 88.2 Å². The zero-order chi connectivity index (χ0) is 20.3. The van der Waals surface area contributed by atoms with Crippen molar-refractivity contribution in [3.63, 3.8) is 0 Å². The van der Waals surface area contributed by atoms with Gasteiger partial charge >= 0.3 is 5.97 Å². The summed E-state index contributed by atoms with van der Waals surface area (Å²) in [4.78, 5) is 12.4. The van der Waals surface area contributed by atoms with E-state index in [1.54, 1.807) is 12.3 Å². The molecule has 3 rings (SSSR count). The molecule has 0 unspecified atom stereocenters. The van der Waals surface area contributed by atoms with Crippen molar-refractivity contribution in [3.05, 3.63) is 71.0 Å². The van der Waals surface area contributed by atoms with Crippen LogP contribution in [0, 0.1) is 0 Å². The molecule has 0 bridgehead atoms. The number of carbonyl (C=O) groups is 1. The molecule has 6 heteroatoms. The van der Waals surface area contributed by atoms with E-state index in [1.165, 1.54) is 4.80 Å². The fraction of sp³-hybridized carbons (Fsp3) is 0.318. The Morgan fingerprint density at radius 1 is 1.11 bits per heavy atom. The van der Waals surface area contributed by atoms with Crippen molar-refractivity contribution in [2.24, 2.45) is 0 Å². The molecule has 0 amide bonds. The molecule has 0 atom stereocenters. The minimum absolute atomic E-state index is 0.0274. The van der Waals surface area contributed by atoms with Gasteiger partial charge in [-0.15, -0.1) is 4.80 Å². The van der Waals surface area contributed by atoms with Crippen LogP contribution in [-0.2, 0) is 23.1 Å². The van der Waals surface area contributed by atoms with E-state index in [2.05, 4.69) is 10.2 Å². The van der Waals surface area contributed by atoms with Crippen molar-refractivity contribution >= 4 is 5.97 Å². The van der Waals surface area contributed by atoms with E-state index in [0.29, 0.717) is 18.5 Å². The smallest absolute Gasteiger partial charge is 0.303 e. The summed E-state index contributed by atoms with van der Waals surface area (Å²) in [5.41, 5.74) is 3.66. The molecule has 6 nitrogen and oxygen atoms in total. The molecular formula is C22H25N3O3. The average Bonchev–Trinajstić information content (AvgIpc) is 3.08. The Labute approximate surface area is 164 Å². The molecule has 2 N–H and O–H groups in total. The number of carboxylic acid groups (broad SMARTS) is 1. The molecule has 1 heterocycles. The number of phenolic OH excluding ortho intramolecular Hbond substituents is 1. The van der Waals surface area contributed by atoms with Crippen LogP contribution in [0.4, 0.5) is 0 Å². The summed E-state index contributed by atoms with van der Waals surface area (Å²) in [7, 11) is 0. The maximum Gasteiger partial charge on any atom is 0.303 e. The lowest BCUT2D eigenvalue weighted by Gasteiger charge is -2.23. The molecule has 3 aromatic rings. The first kappa shape index (κ1) is 19.6. The fourth-order valence-electron chi connectivity index (χ4n) is 3.09. The average molecular weight is 379 g/mol. The lowest BCUT2D eigenvalue weighted by molar-refractivity contribution is -0.136. The lowest BCUT2D eigenvalue weighted by atomic mass is 9.84. The van der Waals surface area contributed by atoms with Gasteiger partial charge < -0.3 is 10.2 Å². The van der Waals surface area contributed by atoms with Crippen LogP contribution in [0.15, 0.2) is 48.7 Å². The summed E-state index contributed by atoms with van der Waals surface area (Å²) in [6.07, 6.45) is 2.74. The molecule has 0 fully saturated rings. The van der Waals surface area contributed by atoms with Crippen LogP contribution in [0.5, 0.6) is 5.75 Å². The Morgan fingerprint density at radius 2 is 1.82 bits per heavy atom. The third-order valence-electron chi connectivity index (χ3n) is 4.57. The van der Waals surface area contributed by atoms with Gasteiger partial charge in [0.15, 0.2) is 0 Å². The largest absolute Gasteiger partial charge is 0.505 e. The van der Waals surface area contributed by atoms with E-state index in [4.69, 9.17) is 5.11 Å². The highest BCUT2D eigenvalue weighted by molar-refractivity contribution is 5.67. The normalized spacial score (nSPS) is 11.5. The van der Waals surface area contributed by atoms with E-state index in [9.17, 15) is 9.90 Å². The van der Waals surface area contributed by atoms with Crippen LogP contribution >= 0.6 is 0 Å². The second kappa shape index (κ2) is 7.84. The number of aliphatic carboxylic acids is 1. The molecular weight excluding hydrogens is 354 g/mol. The summed E-state index contributed by atoms with van der Waals surface area (Å²) in [5.74, 6) is -0.734. The van der Waals surface area contributed by atoms with Gasteiger partial charge in [-0.2, -0.15) is 10.2 Å². The number of hydrogen-bond acceptors (Lipinski definition) is 4. The third kappa shape index (κ3) is 4.57. The molecule has 0 saturated carbocycles. The van der Waals surface area contributed by atoms with Gasteiger partial charge in [-0.05, 0) is 29.0 Å². The van der Waals surface area contributed by atoms with Crippen LogP contribution in [0.25, 0.3) is 5.69 Å². The molecule has 0 saturated heterocycles. The molecule has 0 aliphatic carbocycles. The van der Waals surface area contributed by atoms with E-state index >= 15 is 0 Å². The molecule has 0 radical (unpaired) electrons. The van der Waals surface area contributed by atoms with E-state index in [-0.39, 0.29) is 17.6 Å². The summed E-state index contributed by atoms with van der Waals surface area (Å²) >= 11 is 0. The highest BCUT2D eigenvalue weighted by Gasteiger charge is 2.23. The second-order valence-corrected chi connectivity index (χ2v) is 7.94. The Kier molecular flexibility index (Phi) is 5.49. The molecule has 0 spiro atoms. The Bertz CT molecular complexity index is 972. The minimum atomic E-state index is -0.853. The van der Waals surface area contributed by atoms with Crippen molar-refractivity contribution in [2.45, 2.75) is 45.4 Å². The monoisotopic (exact) mass is 379 g/mol. The van der Waals surface area contributed by atoms with Gasteiger partial charge in [0.2, 0.25) is 0 Å². The summed E-state index contributed by atoms with van der Waals surface area (Å²) in [5, 5.41) is 28.7. The van der Waals surface area contributed by atoms with E-state index < -0.39 is 5.97 Å². The number of carboxylic acids is 1. The van der Waals surface area contributed by atoms with Crippen LogP contribution in [0.3, 0.4) is 0 Å². The summed E-state index contributed by atoms with van der Waals surface area (Å²) in [6, 6.07) is 13.6. The number of phenols is 1. The fourth-order valence-corrected chi connectivity index (χ4v) is 3.09. The van der Waals surface area contributed by atoms with Crippen LogP contribution in [0.2, 0.25) is 0 Å². The van der Waals surface area contributed by atoms with Crippen LogP contribution in [-0.4, -0.2) is 31.2 Å². The third-order valence-corrected chi connectivity index (χ3v) is 4.57. The highest BCUT2D eigenvalue weighted by Crippen LogP contribution is 2.36. The minimum Gasteiger partial charge on any atom is -0.505 e. The zero-order valence-electron chi connectivity index (χ0n) is 16.4. The molecule has 2 aromatic carbocycles. The van der Waals surface area contributed by atoms with Crippen LogP contribution < -0.4 is 0 Å².